The molecule has 2 aromatic carbocycles. The molecular formula is C22H29FIN5O. The standard InChI is InChI=1S/C22H28FN5O.HI/c23-17-5-7-18(8-6-17)28-14-12-27(13-15-28)11-10-25-22(24)26-20-9-16-29-21-4-2-1-3-19(20)21;/h1-8,20H,9-16H2,(H3,24,25,26);1H. The summed E-state index contributed by atoms with van der Waals surface area (Å²) in [5.74, 6) is 1.21. The number of nitrogens with one attached hydrogen (secondary N) is 1. The minimum Gasteiger partial charge on any atom is -0.493 e. The van der Waals surface area contributed by atoms with Crippen LogP contribution in [0.2, 0.25) is 0 Å². The molecule has 1 saturated heterocycles. The van der Waals surface area contributed by atoms with Crippen LogP contribution in [0.25, 0.3) is 0 Å². The summed E-state index contributed by atoms with van der Waals surface area (Å²) in [7, 11) is 0. The van der Waals surface area contributed by atoms with Gasteiger partial charge in [-0.1, -0.05) is 18.2 Å². The highest BCUT2D eigenvalue weighted by Crippen LogP contribution is 2.31. The zero-order valence-corrected chi connectivity index (χ0v) is 19.3. The van der Waals surface area contributed by atoms with Gasteiger partial charge in [-0.05, 0) is 30.3 Å². The van der Waals surface area contributed by atoms with Crippen LogP contribution in [-0.4, -0.2) is 56.7 Å². The van der Waals surface area contributed by atoms with Gasteiger partial charge in [-0.15, -0.1) is 24.0 Å². The van der Waals surface area contributed by atoms with Crippen molar-refractivity contribution in [3.8, 4) is 5.75 Å². The number of anilines is 1. The number of benzene rings is 2. The molecule has 6 nitrogen and oxygen atoms in total. The first kappa shape index (κ1) is 22.6. The van der Waals surface area contributed by atoms with E-state index in [2.05, 4.69) is 26.2 Å². The van der Waals surface area contributed by atoms with Crippen LogP contribution in [0.3, 0.4) is 0 Å². The van der Waals surface area contributed by atoms with Gasteiger partial charge in [0, 0.05) is 50.4 Å². The van der Waals surface area contributed by atoms with Crippen molar-refractivity contribution in [1.29, 1.82) is 0 Å². The van der Waals surface area contributed by atoms with Gasteiger partial charge in [0.25, 0.3) is 0 Å². The Morgan fingerprint density at radius 1 is 1.10 bits per heavy atom. The highest BCUT2D eigenvalue weighted by molar-refractivity contribution is 14.0. The summed E-state index contributed by atoms with van der Waals surface area (Å²) >= 11 is 0. The maximum absolute atomic E-state index is 13.1. The predicted molar refractivity (Wildman–Crippen MR) is 129 cm³/mol. The molecule has 0 bridgehead atoms. The van der Waals surface area contributed by atoms with Gasteiger partial charge in [-0.3, -0.25) is 9.89 Å². The normalized spacial score (nSPS) is 19.4. The third-order valence-corrected chi connectivity index (χ3v) is 5.54. The number of hydrogen-bond acceptors (Lipinski definition) is 4. The number of rotatable bonds is 5. The molecule has 2 aliphatic heterocycles. The first-order valence-electron chi connectivity index (χ1n) is 10.2. The van der Waals surface area contributed by atoms with Crippen LogP contribution in [0.15, 0.2) is 53.5 Å². The molecule has 1 fully saturated rings. The van der Waals surface area contributed by atoms with Crippen molar-refractivity contribution < 1.29 is 9.13 Å². The molecule has 0 aromatic heterocycles. The highest BCUT2D eigenvalue weighted by Gasteiger charge is 2.21. The molecule has 0 radical (unpaired) electrons. The molecule has 0 saturated carbocycles. The molecule has 8 heteroatoms. The number of nitrogens with two attached hydrogens (primary N) is 1. The third kappa shape index (κ3) is 5.75. The maximum Gasteiger partial charge on any atom is 0.189 e. The molecule has 1 unspecified atom stereocenters. The Kier molecular flexibility index (Phi) is 8.15. The van der Waals surface area contributed by atoms with Crippen molar-refractivity contribution in [1.82, 2.24) is 10.2 Å². The second kappa shape index (κ2) is 10.8. The van der Waals surface area contributed by atoms with Crippen LogP contribution in [0.4, 0.5) is 10.1 Å². The largest absolute Gasteiger partial charge is 0.493 e. The molecule has 2 aliphatic rings. The molecule has 162 valence electrons. The van der Waals surface area contributed by atoms with Crippen molar-refractivity contribution in [2.45, 2.75) is 12.5 Å². The lowest BCUT2D eigenvalue weighted by Crippen LogP contribution is -2.47. The SMILES string of the molecule is I.NC(=NCCN1CCN(c2ccc(F)cc2)CC1)NC1CCOc2ccccc21. The Morgan fingerprint density at radius 3 is 2.60 bits per heavy atom. The molecule has 4 rings (SSSR count). The molecule has 0 amide bonds. The van der Waals surface area contributed by atoms with E-state index < -0.39 is 0 Å². The summed E-state index contributed by atoms with van der Waals surface area (Å²) in [4.78, 5) is 9.20. The van der Waals surface area contributed by atoms with E-state index in [4.69, 9.17) is 10.5 Å². The summed E-state index contributed by atoms with van der Waals surface area (Å²) in [6, 6.07) is 14.9. The van der Waals surface area contributed by atoms with Crippen molar-refractivity contribution >= 4 is 35.6 Å². The van der Waals surface area contributed by atoms with Crippen LogP contribution in [0.1, 0.15) is 18.0 Å². The van der Waals surface area contributed by atoms with Gasteiger partial charge in [0.1, 0.15) is 11.6 Å². The van der Waals surface area contributed by atoms with Crippen molar-refractivity contribution in [2.75, 3.05) is 50.8 Å². The van der Waals surface area contributed by atoms with E-state index in [0.29, 0.717) is 19.1 Å². The van der Waals surface area contributed by atoms with Crippen LogP contribution >= 0.6 is 24.0 Å². The lowest BCUT2D eigenvalue weighted by molar-refractivity contribution is 0.261. The molecule has 0 spiro atoms. The van der Waals surface area contributed by atoms with Crippen molar-refractivity contribution in [3.63, 3.8) is 0 Å². The monoisotopic (exact) mass is 525 g/mol. The number of halogens is 2. The molecule has 1 atom stereocenters. The fraction of sp³-hybridized carbons (Fsp3) is 0.409. The summed E-state index contributed by atoms with van der Waals surface area (Å²) in [5.41, 5.74) is 8.34. The van der Waals surface area contributed by atoms with Crippen LogP contribution in [-0.2, 0) is 0 Å². The maximum atomic E-state index is 13.1. The summed E-state index contributed by atoms with van der Waals surface area (Å²) in [5, 5.41) is 3.34. The summed E-state index contributed by atoms with van der Waals surface area (Å²) in [6.07, 6.45) is 0.874. The van der Waals surface area contributed by atoms with E-state index in [-0.39, 0.29) is 35.8 Å². The number of piperazine rings is 1. The minimum atomic E-state index is -0.194. The molecule has 30 heavy (non-hydrogen) atoms. The minimum absolute atomic E-state index is 0. The van der Waals surface area contributed by atoms with Gasteiger partial charge < -0.3 is 20.7 Å². The quantitative estimate of drug-likeness (QED) is 0.357. The number of ether oxygens (including phenoxy) is 1. The first-order valence-corrected chi connectivity index (χ1v) is 10.2. The molecule has 3 N–H and O–H groups in total. The van der Waals surface area contributed by atoms with Gasteiger partial charge in [-0.2, -0.15) is 0 Å². The predicted octanol–water partition coefficient (Wildman–Crippen LogP) is 2.99. The lowest BCUT2D eigenvalue weighted by Gasteiger charge is -2.35. The van der Waals surface area contributed by atoms with Gasteiger partial charge >= 0.3 is 0 Å². The second-order valence-electron chi connectivity index (χ2n) is 7.44. The number of para-hydroxylation sites is 1. The van der Waals surface area contributed by atoms with Crippen LogP contribution < -0.4 is 20.7 Å². The molecule has 0 aliphatic carbocycles. The molecule has 2 aromatic rings. The summed E-state index contributed by atoms with van der Waals surface area (Å²) in [6.45, 7) is 6.02. The Bertz CT molecular complexity index is 840. The average molecular weight is 525 g/mol. The van der Waals surface area contributed by atoms with E-state index in [1.807, 2.05) is 30.3 Å². The zero-order chi connectivity index (χ0) is 20.1. The van der Waals surface area contributed by atoms with E-state index in [9.17, 15) is 4.39 Å². The molecule has 2 heterocycles. The van der Waals surface area contributed by atoms with E-state index in [0.717, 1.165) is 56.1 Å². The van der Waals surface area contributed by atoms with E-state index in [1.165, 1.54) is 12.1 Å². The number of fused-ring (bicyclic) bond motifs is 1. The van der Waals surface area contributed by atoms with Crippen LogP contribution in [0.5, 0.6) is 5.75 Å². The Labute approximate surface area is 194 Å². The highest BCUT2D eigenvalue weighted by atomic mass is 127. The summed E-state index contributed by atoms with van der Waals surface area (Å²) < 4.78 is 18.8. The Hall–Kier alpha value is -2.07. The van der Waals surface area contributed by atoms with Gasteiger partial charge in [0.2, 0.25) is 0 Å². The van der Waals surface area contributed by atoms with Crippen LogP contribution in [0, 0.1) is 5.82 Å². The van der Waals surface area contributed by atoms with E-state index >= 15 is 0 Å². The van der Waals surface area contributed by atoms with Gasteiger partial charge in [-0.25, -0.2) is 4.39 Å². The smallest absolute Gasteiger partial charge is 0.189 e. The van der Waals surface area contributed by atoms with Crippen molar-refractivity contribution in [2.24, 2.45) is 10.7 Å². The molecular weight excluding hydrogens is 496 g/mol. The van der Waals surface area contributed by atoms with Gasteiger partial charge in [0.15, 0.2) is 5.96 Å². The van der Waals surface area contributed by atoms with Crippen molar-refractivity contribution in [3.05, 3.63) is 59.9 Å². The average Bonchev–Trinajstić information content (AvgIpc) is 2.75. The lowest BCUT2D eigenvalue weighted by atomic mass is 10.0. The fourth-order valence-electron chi connectivity index (χ4n) is 3.91. The third-order valence-electron chi connectivity index (χ3n) is 5.54. The number of nitrogens with zero attached hydrogens (tertiary/aromatic N) is 3. The fourth-order valence-corrected chi connectivity index (χ4v) is 3.91. The Morgan fingerprint density at radius 2 is 1.83 bits per heavy atom. The second-order valence-corrected chi connectivity index (χ2v) is 7.44. The number of hydrogen-bond donors (Lipinski definition) is 2. The van der Waals surface area contributed by atoms with E-state index in [1.54, 1.807) is 0 Å². The number of guanidine groups is 1. The number of aliphatic imine (C=N–C) groups is 1. The van der Waals surface area contributed by atoms with Gasteiger partial charge in [0.05, 0.1) is 19.2 Å². The first-order chi connectivity index (χ1) is 14.2. The zero-order valence-electron chi connectivity index (χ0n) is 17.0. The Balaban J connectivity index is 0.00000256. The topological polar surface area (TPSA) is 66.1 Å².